The molecule has 156 valence electrons. The van der Waals surface area contributed by atoms with Crippen molar-refractivity contribution in [2.45, 2.75) is 33.1 Å². The van der Waals surface area contributed by atoms with Crippen LogP contribution in [-0.4, -0.2) is 0 Å². The van der Waals surface area contributed by atoms with E-state index in [0.29, 0.717) is 0 Å². The minimum Gasteiger partial charge on any atom is -0.140 e. The Morgan fingerprint density at radius 1 is 0.613 bits per heavy atom. The van der Waals surface area contributed by atoms with Crippen molar-refractivity contribution in [3.05, 3.63) is 91.6 Å². The third-order valence-corrected chi connectivity index (χ3v) is 8.66. The Morgan fingerprint density at radius 3 is 1.39 bits per heavy atom. The summed E-state index contributed by atoms with van der Waals surface area (Å²) in [6, 6.07) is 21.1. The van der Waals surface area contributed by atoms with Crippen LogP contribution in [0.4, 0.5) is 0 Å². The zero-order valence-corrected chi connectivity index (χ0v) is 20.6. The van der Waals surface area contributed by atoms with Crippen molar-refractivity contribution >= 4 is 57.0 Å². The molecule has 0 atom stereocenters. The van der Waals surface area contributed by atoms with Crippen molar-refractivity contribution in [2.24, 2.45) is 0 Å². The highest BCUT2D eigenvalue weighted by Crippen LogP contribution is 2.47. The highest BCUT2D eigenvalue weighted by Gasteiger charge is 2.23. The van der Waals surface area contributed by atoms with Crippen molar-refractivity contribution in [3.8, 4) is 20.9 Å². The fourth-order valence-electron chi connectivity index (χ4n) is 4.41. The Balaban J connectivity index is 1.55. The van der Waals surface area contributed by atoms with Gasteiger partial charge in [-0.3, -0.25) is 0 Å². The van der Waals surface area contributed by atoms with Crippen molar-refractivity contribution < 1.29 is 0 Å². The molecule has 1 aliphatic rings. The lowest BCUT2D eigenvalue weighted by Gasteiger charge is -2.07. The predicted molar refractivity (Wildman–Crippen MR) is 140 cm³/mol. The van der Waals surface area contributed by atoms with E-state index >= 15 is 0 Å². The molecule has 0 saturated carbocycles. The van der Waals surface area contributed by atoms with Crippen molar-refractivity contribution in [1.82, 2.24) is 0 Å². The van der Waals surface area contributed by atoms with Crippen LogP contribution in [0.15, 0.2) is 60.7 Å². The van der Waals surface area contributed by atoms with Crippen LogP contribution in [0.3, 0.4) is 0 Å². The summed E-state index contributed by atoms with van der Waals surface area (Å²) in [5.41, 5.74) is 8.36. The smallest absolute Gasteiger partial charge is 0.0406 e. The molecule has 0 bridgehead atoms. The fraction of sp³-hybridized carbons (Fsp3) is 0.185. The summed E-state index contributed by atoms with van der Waals surface area (Å²) in [7, 11) is 0. The number of thiophene rings is 2. The Labute approximate surface area is 201 Å². The molecular weight excluding hydrogens is 459 g/mol. The maximum Gasteiger partial charge on any atom is 0.0406 e. The molecule has 0 unspecified atom stereocenters. The number of halogens is 2. The van der Waals surface area contributed by atoms with E-state index in [1.807, 2.05) is 46.9 Å². The van der Waals surface area contributed by atoms with Crippen LogP contribution >= 0.6 is 45.9 Å². The Hall–Kier alpha value is -1.84. The van der Waals surface area contributed by atoms with Gasteiger partial charge in [0.1, 0.15) is 0 Å². The lowest BCUT2D eigenvalue weighted by atomic mass is 9.96. The predicted octanol–water partition coefficient (Wildman–Crippen LogP) is 10.2. The van der Waals surface area contributed by atoms with Gasteiger partial charge in [-0.25, -0.2) is 0 Å². The molecule has 2 aromatic heterocycles. The van der Waals surface area contributed by atoms with Gasteiger partial charge in [0.2, 0.25) is 0 Å². The quantitative estimate of drug-likeness (QED) is 0.272. The van der Waals surface area contributed by atoms with Crippen LogP contribution < -0.4 is 0 Å². The largest absolute Gasteiger partial charge is 0.140 e. The van der Waals surface area contributed by atoms with E-state index in [1.54, 1.807) is 0 Å². The molecule has 0 fully saturated rings. The summed E-state index contributed by atoms with van der Waals surface area (Å²) in [6.45, 7) is 4.50. The first-order chi connectivity index (χ1) is 15.0. The Bertz CT molecular complexity index is 1170. The lowest BCUT2D eigenvalue weighted by Crippen LogP contribution is -1.86. The normalized spacial score (nSPS) is 13.9. The van der Waals surface area contributed by atoms with Gasteiger partial charge in [0.05, 0.1) is 0 Å². The summed E-state index contributed by atoms with van der Waals surface area (Å²) in [4.78, 5) is 5.41. The molecule has 5 rings (SSSR count). The molecule has 0 spiro atoms. The minimum atomic E-state index is 0.780. The molecule has 2 aromatic carbocycles. The van der Waals surface area contributed by atoms with E-state index in [0.717, 1.165) is 22.9 Å². The average Bonchev–Trinajstić information content (AvgIpc) is 3.47. The SMILES string of the molecule is Cc1sc(-c2ccc(Cl)cc2)cc1C1=C(c2cc(-c3ccc(Cl)cc3)sc2C)CCC1. The topological polar surface area (TPSA) is 0 Å². The molecule has 0 aliphatic heterocycles. The second-order valence-electron chi connectivity index (χ2n) is 7.99. The number of allylic oxidation sites excluding steroid dienone is 2. The molecule has 4 heteroatoms. The molecule has 31 heavy (non-hydrogen) atoms. The molecule has 0 N–H and O–H groups in total. The van der Waals surface area contributed by atoms with Gasteiger partial charge in [-0.15, -0.1) is 22.7 Å². The maximum absolute atomic E-state index is 6.09. The summed E-state index contributed by atoms with van der Waals surface area (Å²) >= 11 is 15.9. The van der Waals surface area contributed by atoms with E-state index in [9.17, 15) is 0 Å². The second-order valence-corrected chi connectivity index (χ2v) is 11.4. The molecule has 0 amide bonds. The Morgan fingerprint density at radius 2 is 1.00 bits per heavy atom. The van der Waals surface area contributed by atoms with E-state index in [-0.39, 0.29) is 0 Å². The van der Waals surface area contributed by atoms with E-state index in [1.165, 1.54) is 59.3 Å². The number of rotatable bonds is 4. The third kappa shape index (κ3) is 4.15. The highest BCUT2D eigenvalue weighted by molar-refractivity contribution is 7.16. The second kappa shape index (κ2) is 8.60. The minimum absolute atomic E-state index is 0.780. The van der Waals surface area contributed by atoms with Gasteiger partial charge in [-0.2, -0.15) is 0 Å². The van der Waals surface area contributed by atoms with Crippen LogP contribution in [0.2, 0.25) is 10.0 Å². The van der Waals surface area contributed by atoms with Crippen LogP contribution in [0, 0.1) is 13.8 Å². The molecule has 2 heterocycles. The molecule has 0 radical (unpaired) electrons. The van der Waals surface area contributed by atoms with Gasteiger partial charge >= 0.3 is 0 Å². The van der Waals surface area contributed by atoms with E-state index in [2.05, 4.69) is 50.2 Å². The first kappa shape index (κ1) is 21.0. The van der Waals surface area contributed by atoms with Crippen molar-refractivity contribution in [3.63, 3.8) is 0 Å². The molecule has 1 aliphatic carbocycles. The monoisotopic (exact) mass is 480 g/mol. The third-order valence-electron chi connectivity index (χ3n) is 5.96. The van der Waals surface area contributed by atoms with E-state index in [4.69, 9.17) is 23.2 Å². The molecule has 0 nitrogen and oxygen atoms in total. The zero-order chi connectivity index (χ0) is 21.5. The van der Waals surface area contributed by atoms with Gasteiger partial charge in [0.15, 0.2) is 0 Å². The average molecular weight is 482 g/mol. The summed E-state index contributed by atoms with van der Waals surface area (Å²) in [5.74, 6) is 0. The van der Waals surface area contributed by atoms with Gasteiger partial charge < -0.3 is 0 Å². The maximum atomic E-state index is 6.09. The fourth-order valence-corrected chi connectivity index (χ4v) is 6.77. The van der Waals surface area contributed by atoms with Gasteiger partial charge in [0, 0.05) is 29.6 Å². The van der Waals surface area contributed by atoms with Crippen LogP contribution in [-0.2, 0) is 0 Å². The summed E-state index contributed by atoms with van der Waals surface area (Å²) in [5, 5.41) is 1.56. The van der Waals surface area contributed by atoms with Crippen LogP contribution in [0.25, 0.3) is 32.0 Å². The van der Waals surface area contributed by atoms with E-state index < -0.39 is 0 Å². The van der Waals surface area contributed by atoms with Crippen molar-refractivity contribution in [2.75, 3.05) is 0 Å². The highest BCUT2D eigenvalue weighted by atomic mass is 35.5. The molecular formula is C27H22Cl2S2. The van der Waals surface area contributed by atoms with Crippen molar-refractivity contribution in [1.29, 1.82) is 0 Å². The van der Waals surface area contributed by atoms with Gasteiger partial charge in [-0.05, 0) is 103 Å². The summed E-state index contributed by atoms with van der Waals surface area (Å²) < 4.78 is 0. The number of aryl methyl sites for hydroxylation is 2. The number of hydrogen-bond acceptors (Lipinski definition) is 2. The lowest BCUT2D eigenvalue weighted by molar-refractivity contribution is 0.941. The Kier molecular flexibility index (Phi) is 5.83. The molecule has 4 aromatic rings. The van der Waals surface area contributed by atoms with Crippen LogP contribution in [0.1, 0.15) is 40.1 Å². The zero-order valence-electron chi connectivity index (χ0n) is 17.5. The van der Waals surface area contributed by atoms with Gasteiger partial charge in [-0.1, -0.05) is 47.5 Å². The number of hydrogen-bond donors (Lipinski definition) is 0. The number of benzene rings is 2. The standard InChI is InChI=1S/C27H22Cl2S2/c1-16-24(14-26(30-16)18-6-10-20(28)11-7-18)22-4-3-5-23(22)25-15-27(31-17(25)2)19-8-12-21(29)13-9-19/h6-15H,3-5H2,1-2H3. The summed E-state index contributed by atoms with van der Waals surface area (Å²) in [6.07, 6.45) is 3.53. The first-order valence-electron chi connectivity index (χ1n) is 10.4. The van der Waals surface area contributed by atoms with Gasteiger partial charge in [0.25, 0.3) is 0 Å². The molecule has 0 saturated heterocycles. The van der Waals surface area contributed by atoms with Crippen LogP contribution in [0.5, 0.6) is 0 Å². The first-order valence-corrected chi connectivity index (χ1v) is 12.8.